The normalized spacial score (nSPS) is 13.9. The second-order valence-electron chi connectivity index (χ2n) is 4.41. The molecule has 0 bridgehead atoms. The number of para-hydroxylation sites is 1. The van der Waals surface area contributed by atoms with Crippen LogP contribution in [0.15, 0.2) is 30.3 Å². The summed E-state index contributed by atoms with van der Waals surface area (Å²) in [5.41, 5.74) is -4.72. The van der Waals surface area contributed by atoms with Gasteiger partial charge in [0.1, 0.15) is 0 Å². The van der Waals surface area contributed by atoms with Crippen molar-refractivity contribution in [3.63, 3.8) is 0 Å². The molecule has 1 aromatic heterocycles. The first-order valence-electron chi connectivity index (χ1n) is 5.47. The molecule has 110 valence electrons. The monoisotopic (exact) mass is 297 g/mol. The van der Waals surface area contributed by atoms with E-state index in [0.717, 1.165) is 6.07 Å². The van der Waals surface area contributed by atoms with Gasteiger partial charge in [-0.25, -0.2) is 0 Å². The van der Waals surface area contributed by atoms with Crippen molar-refractivity contribution in [1.82, 2.24) is 4.98 Å². The van der Waals surface area contributed by atoms with Crippen molar-refractivity contribution in [3.8, 4) is 0 Å². The first-order valence-corrected chi connectivity index (χ1v) is 5.47. The number of hydrogen-bond acceptors (Lipinski definition) is 1. The molecule has 1 aromatic carbocycles. The lowest BCUT2D eigenvalue weighted by molar-refractivity contribution is -0.367. The summed E-state index contributed by atoms with van der Waals surface area (Å²) in [6, 6.07) is 7.38. The van der Waals surface area contributed by atoms with Crippen molar-refractivity contribution in [1.29, 1.82) is 0 Å². The first kappa shape index (κ1) is 14.7. The molecule has 0 unspecified atom stereocenters. The van der Waals surface area contributed by atoms with Crippen molar-refractivity contribution in [3.05, 3.63) is 36.0 Å². The fourth-order valence-corrected chi connectivity index (χ4v) is 1.87. The molecule has 20 heavy (non-hydrogen) atoms. The van der Waals surface area contributed by atoms with Gasteiger partial charge in [-0.15, -0.1) is 0 Å². The smallest absolute Gasteiger partial charge is 0.373 e. The van der Waals surface area contributed by atoms with Crippen LogP contribution in [-0.2, 0) is 6.42 Å². The highest BCUT2D eigenvalue weighted by molar-refractivity contribution is 5.80. The maximum Gasteiger partial charge on any atom is 0.426 e. The molecule has 1 heterocycles. The van der Waals surface area contributed by atoms with Gasteiger partial charge in [-0.05, 0) is 17.5 Å². The summed E-state index contributed by atoms with van der Waals surface area (Å²) in [6.45, 7) is 0. The van der Waals surface area contributed by atoms with Crippen LogP contribution in [0, 0.1) is 0 Å². The summed E-state index contributed by atoms with van der Waals surface area (Å²) in [4.78, 5) is 2.44. The number of nitrogens with one attached hydrogen (secondary N) is 1. The maximum atomic E-state index is 12.6. The predicted molar refractivity (Wildman–Crippen MR) is 59.1 cm³/mol. The highest BCUT2D eigenvalue weighted by Gasteiger charge is 2.70. The molecule has 0 saturated heterocycles. The number of fused-ring (bicyclic) bond motifs is 1. The molecule has 0 fully saturated rings. The van der Waals surface area contributed by atoms with Crippen LogP contribution in [0.5, 0.6) is 0 Å². The van der Waals surface area contributed by atoms with E-state index in [4.69, 9.17) is 5.11 Å². The van der Waals surface area contributed by atoms with Gasteiger partial charge in [0, 0.05) is 17.6 Å². The van der Waals surface area contributed by atoms with E-state index in [-0.39, 0.29) is 5.69 Å². The number of H-pyrrole nitrogens is 1. The van der Waals surface area contributed by atoms with Crippen LogP contribution in [0.4, 0.5) is 26.3 Å². The Hall–Kier alpha value is -1.70. The number of alkyl halides is 6. The summed E-state index contributed by atoms with van der Waals surface area (Å²) in [5, 5.41) is 9.56. The quantitative estimate of drug-likeness (QED) is 0.817. The zero-order valence-corrected chi connectivity index (χ0v) is 9.81. The van der Waals surface area contributed by atoms with Crippen LogP contribution >= 0.6 is 0 Å². The minimum atomic E-state index is -5.82. The predicted octanol–water partition coefficient (Wildman–Crippen LogP) is 3.57. The Labute approximate surface area is 109 Å². The van der Waals surface area contributed by atoms with Gasteiger partial charge < -0.3 is 10.1 Å². The van der Waals surface area contributed by atoms with E-state index in [1.54, 1.807) is 12.1 Å². The SMILES string of the molecule is OC(Cc1cc2ccccc2[nH]1)(C(F)(F)F)C(F)(F)F. The molecule has 2 aromatic rings. The third-order valence-corrected chi connectivity index (χ3v) is 2.97. The van der Waals surface area contributed by atoms with Gasteiger partial charge in [0.2, 0.25) is 0 Å². The van der Waals surface area contributed by atoms with Gasteiger partial charge in [-0.2, -0.15) is 26.3 Å². The van der Waals surface area contributed by atoms with Crippen molar-refractivity contribution in [2.45, 2.75) is 24.4 Å². The largest absolute Gasteiger partial charge is 0.426 e. The van der Waals surface area contributed by atoms with Gasteiger partial charge in [0.05, 0.1) is 0 Å². The van der Waals surface area contributed by atoms with Crippen LogP contribution in [-0.4, -0.2) is 28.0 Å². The summed E-state index contributed by atoms with van der Waals surface area (Å²) >= 11 is 0. The second-order valence-corrected chi connectivity index (χ2v) is 4.41. The third kappa shape index (κ3) is 2.35. The lowest BCUT2D eigenvalue weighted by Gasteiger charge is -2.31. The molecule has 0 aliphatic heterocycles. The number of aromatic nitrogens is 1. The summed E-state index contributed by atoms with van der Waals surface area (Å²) in [6.07, 6.45) is -13.3. The van der Waals surface area contributed by atoms with E-state index in [1.165, 1.54) is 12.1 Å². The van der Waals surface area contributed by atoms with Crippen LogP contribution in [0.1, 0.15) is 5.69 Å². The molecule has 2 N–H and O–H groups in total. The van der Waals surface area contributed by atoms with Gasteiger partial charge in [-0.3, -0.25) is 0 Å². The molecule has 0 amide bonds. The first-order chi connectivity index (χ1) is 9.04. The molecular formula is C12H9F6NO. The maximum absolute atomic E-state index is 12.6. The van der Waals surface area contributed by atoms with Gasteiger partial charge >= 0.3 is 12.4 Å². The molecule has 0 saturated carbocycles. The molecule has 8 heteroatoms. The minimum absolute atomic E-state index is 0.344. The van der Waals surface area contributed by atoms with Crippen molar-refractivity contribution < 1.29 is 31.4 Å². The lowest BCUT2D eigenvalue weighted by atomic mass is 9.96. The molecular weight excluding hydrogens is 288 g/mol. The van der Waals surface area contributed by atoms with E-state index in [1.807, 2.05) is 0 Å². The zero-order chi connectivity index (χ0) is 15.2. The molecule has 0 radical (unpaired) electrons. The van der Waals surface area contributed by atoms with E-state index >= 15 is 0 Å². The number of halogens is 6. The second kappa shape index (κ2) is 4.41. The zero-order valence-electron chi connectivity index (χ0n) is 9.81. The Morgan fingerprint density at radius 1 is 0.950 bits per heavy atom. The minimum Gasteiger partial charge on any atom is -0.373 e. The highest BCUT2D eigenvalue weighted by atomic mass is 19.4. The summed E-state index contributed by atoms with van der Waals surface area (Å²) in [7, 11) is 0. The number of aliphatic hydroxyl groups is 1. The summed E-state index contributed by atoms with van der Waals surface area (Å²) < 4.78 is 75.3. The standard InChI is InChI=1S/C12H9F6NO/c13-11(14,15)10(20,12(16,17)18)6-8-5-7-3-1-2-4-9(7)19-8/h1-5,19-20H,6H2. The van der Waals surface area contributed by atoms with Crippen molar-refractivity contribution in [2.75, 3.05) is 0 Å². The molecule has 0 spiro atoms. The van der Waals surface area contributed by atoms with Gasteiger partial charge in [0.15, 0.2) is 0 Å². The van der Waals surface area contributed by atoms with Crippen LogP contribution in [0.25, 0.3) is 10.9 Å². The van der Waals surface area contributed by atoms with E-state index in [2.05, 4.69) is 4.98 Å². The van der Waals surface area contributed by atoms with E-state index < -0.39 is 24.4 Å². The molecule has 0 aliphatic carbocycles. The third-order valence-electron chi connectivity index (χ3n) is 2.97. The fourth-order valence-electron chi connectivity index (χ4n) is 1.87. The Morgan fingerprint density at radius 2 is 1.50 bits per heavy atom. The average Bonchev–Trinajstić information content (AvgIpc) is 2.67. The Balaban J connectivity index is 2.43. The highest BCUT2D eigenvalue weighted by Crippen LogP contribution is 2.45. The Bertz CT molecular complexity index is 565. The topological polar surface area (TPSA) is 36.0 Å². The summed E-state index contributed by atoms with van der Waals surface area (Å²) in [5.74, 6) is 0. The van der Waals surface area contributed by atoms with E-state index in [0.29, 0.717) is 10.9 Å². The number of aromatic amines is 1. The van der Waals surface area contributed by atoms with Crippen molar-refractivity contribution >= 4 is 10.9 Å². The fraction of sp³-hybridized carbons (Fsp3) is 0.333. The molecule has 2 nitrogen and oxygen atoms in total. The van der Waals surface area contributed by atoms with E-state index in [9.17, 15) is 26.3 Å². The van der Waals surface area contributed by atoms with Gasteiger partial charge in [0.25, 0.3) is 5.60 Å². The van der Waals surface area contributed by atoms with Crippen LogP contribution in [0.2, 0.25) is 0 Å². The number of hydrogen-bond donors (Lipinski definition) is 2. The Kier molecular flexibility index (Phi) is 3.24. The Morgan fingerprint density at radius 3 is 2.00 bits per heavy atom. The average molecular weight is 297 g/mol. The molecule has 0 atom stereocenters. The lowest BCUT2D eigenvalue weighted by Crippen LogP contribution is -2.58. The molecule has 2 rings (SSSR count). The van der Waals surface area contributed by atoms with Crippen molar-refractivity contribution in [2.24, 2.45) is 0 Å². The van der Waals surface area contributed by atoms with Crippen LogP contribution < -0.4 is 0 Å². The number of rotatable bonds is 2. The van der Waals surface area contributed by atoms with Crippen LogP contribution in [0.3, 0.4) is 0 Å². The molecule has 0 aliphatic rings. The number of benzene rings is 1. The van der Waals surface area contributed by atoms with Gasteiger partial charge in [-0.1, -0.05) is 18.2 Å².